The fourth-order valence-corrected chi connectivity index (χ4v) is 1.93. The topological polar surface area (TPSA) is 73.2 Å². The van der Waals surface area contributed by atoms with Gasteiger partial charge in [0.2, 0.25) is 0 Å². The molecule has 0 atom stereocenters. The highest BCUT2D eigenvalue weighted by Gasteiger charge is 2.19. The van der Waals surface area contributed by atoms with Crippen molar-refractivity contribution in [1.82, 2.24) is 10.2 Å². The van der Waals surface area contributed by atoms with Crippen LogP contribution >= 0.6 is 0 Å². The number of methoxy groups -OCH3 is 2. The summed E-state index contributed by atoms with van der Waals surface area (Å²) in [5.41, 5.74) is 7.73. The van der Waals surface area contributed by atoms with Gasteiger partial charge in [0, 0.05) is 11.1 Å². The van der Waals surface area contributed by atoms with Crippen LogP contribution in [0.15, 0.2) is 12.3 Å². The summed E-state index contributed by atoms with van der Waals surface area (Å²) in [6.45, 7) is 1.81. The Balaban J connectivity index is 2.71. The van der Waals surface area contributed by atoms with E-state index in [1.165, 1.54) is 20.3 Å². The minimum atomic E-state index is -0.504. The first kappa shape index (κ1) is 12.2. The monoisotopic (exact) mass is 251 g/mol. The molecule has 0 aliphatic heterocycles. The van der Waals surface area contributed by atoms with Crippen LogP contribution in [-0.4, -0.2) is 24.4 Å². The van der Waals surface area contributed by atoms with Gasteiger partial charge in [-0.05, 0) is 18.6 Å². The van der Waals surface area contributed by atoms with E-state index >= 15 is 0 Å². The highest BCUT2D eigenvalue weighted by atomic mass is 19.1. The summed E-state index contributed by atoms with van der Waals surface area (Å²) in [4.78, 5) is 0. The summed E-state index contributed by atoms with van der Waals surface area (Å²) in [6, 6.07) is 1.36. The van der Waals surface area contributed by atoms with Gasteiger partial charge in [0.25, 0.3) is 0 Å². The first-order chi connectivity index (χ1) is 8.60. The van der Waals surface area contributed by atoms with Crippen LogP contribution in [0.2, 0.25) is 0 Å². The number of ether oxygens (including phenoxy) is 2. The first-order valence-corrected chi connectivity index (χ1v) is 5.30. The number of benzene rings is 1. The molecule has 2 rings (SSSR count). The lowest BCUT2D eigenvalue weighted by Crippen LogP contribution is -1.99. The molecule has 0 unspecified atom stereocenters. The van der Waals surface area contributed by atoms with Gasteiger partial charge in [-0.2, -0.15) is 5.10 Å². The van der Waals surface area contributed by atoms with Crippen LogP contribution in [0.1, 0.15) is 5.56 Å². The van der Waals surface area contributed by atoms with Gasteiger partial charge >= 0.3 is 0 Å². The van der Waals surface area contributed by atoms with Crippen molar-refractivity contribution in [3.8, 4) is 22.6 Å². The molecule has 1 aromatic carbocycles. The highest BCUT2D eigenvalue weighted by molar-refractivity contribution is 5.78. The third-order valence-electron chi connectivity index (χ3n) is 2.81. The Morgan fingerprint density at radius 1 is 1.22 bits per heavy atom. The zero-order chi connectivity index (χ0) is 13.3. The molecule has 2 aromatic rings. The minimum Gasteiger partial charge on any atom is -0.492 e. The second-order valence-electron chi connectivity index (χ2n) is 3.79. The molecule has 1 aromatic heterocycles. The normalized spacial score (nSPS) is 10.4. The number of hydrogen-bond acceptors (Lipinski definition) is 4. The van der Waals surface area contributed by atoms with Crippen molar-refractivity contribution in [2.24, 2.45) is 0 Å². The summed E-state index contributed by atoms with van der Waals surface area (Å²) in [7, 11) is 2.86. The van der Waals surface area contributed by atoms with E-state index in [0.717, 1.165) is 5.56 Å². The van der Waals surface area contributed by atoms with Gasteiger partial charge in [-0.1, -0.05) is 0 Å². The van der Waals surface area contributed by atoms with Crippen molar-refractivity contribution in [3.05, 3.63) is 23.6 Å². The quantitative estimate of drug-likeness (QED) is 0.876. The fraction of sp³-hybridized carbons (Fsp3) is 0.250. The van der Waals surface area contributed by atoms with Gasteiger partial charge in [0.05, 0.1) is 20.4 Å². The van der Waals surface area contributed by atoms with Crippen LogP contribution in [0.5, 0.6) is 11.5 Å². The van der Waals surface area contributed by atoms with Crippen molar-refractivity contribution in [1.29, 1.82) is 0 Å². The molecule has 0 bridgehead atoms. The number of nitrogen functional groups attached to an aromatic ring is 1. The van der Waals surface area contributed by atoms with Gasteiger partial charge in [-0.3, -0.25) is 5.10 Å². The lowest BCUT2D eigenvalue weighted by Gasteiger charge is -2.14. The molecule has 0 radical (unpaired) electrons. The number of aromatic nitrogens is 2. The van der Waals surface area contributed by atoms with E-state index in [1.807, 2.05) is 6.92 Å². The second kappa shape index (κ2) is 4.56. The Labute approximate surface area is 104 Å². The number of anilines is 1. The molecular formula is C12H14FN3O2. The average Bonchev–Trinajstić information content (AvgIpc) is 2.77. The average molecular weight is 251 g/mol. The number of hydrogen-bond donors (Lipinski definition) is 2. The third kappa shape index (κ3) is 1.75. The van der Waals surface area contributed by atoms with E-state index in [2.05, 4.69) is 10.2 Å². The minimum absolute atomic E-state index is 0.0841. The van der Waals surface area contributed by atoms with Crippen LogP contribution in [-0.2, 0) is 0 Å². The molecule has 3 N–H and O–H groups in total. The number of H-pyrrole nitrogens is 1. The van der Waals surface area contributed by atoms with Crippen molar-refractivity contribution < 1.29 is 13.9 Å². The number of nitrogens with one attached hydrogen (secondary N) is 1. The van der Waals surface area contributed by atoms with Crippen LogP contribution < -0.4 is 15.2 Å². The number of halogens is 1. The molecule has 96 valence electrons. The van der Waals surface area contributed by atoms with Gasteiger partial charge in [-0.25, -0.2) is 4.39 Å². The Morgan fingerprint density at radius 3 is 2.39 bits per heavy atom. The molecule has 0 spiro atoms. The molecule has 0 aliphatic rings. The summed E-state index contributed by atoms with van der Waals surface area (Å²) in [5, 5.41) is 6.44. The number of nitrogens with two attached hydrogens (primary N) is 1. The lowest BCUT2D eigenvalue weighted by molar-refractivity contribution is 0.336. The van der Waals surface area contributed by atoms with Gasteiger partial charge in [0.1, 0.15) is 5.82 Å². The number of aromatic amines is 1. The Bertz CT molecular complexity index is 581. The molecule has 0 saturated carbocycles. The van der Waals surface area contributed by atoms with Gasteiger partial charge in [0.15, 0.2) is 17.3 Å². The molecule has 1 heterocycles. The van der Waals surface area contributed by atoms with Crippen molar-refractivity contribution in [2.45, 2.75) is 6.92 Å². The number of rotatable bonds is 3. The summed E-state index contributed by atoms with van der Waals surface area (Å²) < 4.78 is 24.1. The lowest BCUT2D eigenvalue weighted by atomic mass is 10.0. The Hall–Kier alpha value is -2.24. The maximum absolute atomic E-state index is 13.9. The van der Waals surface area contributed by atoms with Crippen molar-refractivity contribution >= 4 is 5.82 Å². The van der Waals surface area contributed by atoms with Crippen molar-refractivity contribution in [3.63, 3.8) is 0 Å². The van der Waals surface area contributed by atoms with E-state index in [9.17, 15) is 4.39 Å². The van der Waals surface area contributed by atoms with E-state index in [4.69, 9.17) is 15.2 Å². The second-order valence-corrected chi connectivity index (χ2v) is 3.79. The molecule has 6 heteroatoms. The van der Waals surface area contributed by atoms with Crippen LogP contribution in [0, 0.1) is 12.7 Å². The molecular weight excluding hydrogens is 237 g/mol. The van der Waals surface area contributed by atoms with Gasteiger partial charge in [-0.15, -0.1) is 0 Å². The molecule has 18 heavy (non-hydrogen) atoms. The van der Waals surface area contributed by atoms with E-state index < -0.39 is 5.82 Å². The zero-order valence-electron chi connectivity index (χ0n) is 10.4. The predicted octanol–water partition coefficient (Wildman–Crippen LogP) is 2.12. The fourth-order valence-electron chi connectivity index (χ4n) is 1.93. The van der Waals surface area contributed by atoms with Gasteiger partial charge < -0.3 is 15.2 Å². The molecule has 0 fully saturated rings. The van der Waals surface area contributed by atoms with E-state index in [0.29, 0.717) is 22.7 Å². The highest BCUT2D eigenvalue weighted by Crippen LogP contribution is 2.40. The number of nitrogens with zero attached hydrogens (tertiary/aromatic N) is 1. The van der Waals surface area contributed by atoms with E-state index in [1.54, 1.807) is 6.20 Å². The van der Waals surface area contributed by atoms with Crippen LogP contribution in [0.4, 0.5) is 10.2 Å². The molecule has 5 nitrogen and oxygen atoms in total. The first-order valence-electron chi connectivity index (χ1n) is 5.30. The zero-order valence-corrected chi connectivity index (χ0v) is 10.4. The van der Waals surface area contributed by atoms with Crippen molar-refractivity contribution in [2.75, 3.05) is 20.0 Å². The predicted molar refractivity (Wildman–Crippen MR) is 66.2 cm³/mol. The summed E-state index contributed by atoms with van der Waals surface area (Å²) in [5.74, 6) is 0.314. The molecule has 0 saturated heterocycles. The largest absolute Gasteiger partial charge is 0.492 e. The SMILES string of the molecule is COc1c(F)cc(-c2cn[nH]c2N)c(C)c1OC. The standard InChI is InChI=1S/C12H14FN3O2/c1-6-7(8-5-15-16-12(8)14)4-9(13)11(18-3)10(6)17-2/h4-5H,1-3H3,(H3,14,15,16). The molecule has 0 amide bonds. The summed E-state index contributed by atoms with van der Waals surface area (Å²) >= 11 is 0. The van der Waals surface area contributed by atoms with E-state index in [-0.39, 0.29) is 5.75 Å². The third-order valence-corrected chi connectivity index (χ3v) is 2.81. The smallest absolute Gasteiger partial charge is 0.197 e. The van der Waals surface area contributed by atoms with Crippen LogP contribution in [0.25, 0.3) is 11.1 Å². The summed E-state index contributed by atoms with van der Waals surface area (Å²) in [6.07, 6.45) is 1.54. The Kier molecular flexibility index (Phi) is 3.10. The maximum Gasteiger partial charge on any atom is 0.197 e. The maximum atomic E-state index is 13.9. The van der Waals surface area contributed by atoms with Crippen LogP contribution in [0.3, 0.4) is 0 Å². The molecule has 0 aliphatic carbocycles. The Morgan fingerprint density at radius 2 is 1.89 bits per heavy atom.